The van der Waals surface area contributed by atoms with Gasteiger partial charge in [0, 0.05) is 16.3 Å². The van der Waals surface area contributed by atoms with E-state index in [1.54, 1.807) is 6.20 Å². The summed E-state index contributed by atoms with van der Waals surface area (Å²) in [6.45, 7) is 5.88. The van der Waals surface area contributed by atoms with Crippen LogP contribution < -0.4 is 5.56 Å². The molecule has 0 radical (unpaired) electrons. The summed E-state index contributed by atoms with van der Waals surface area (Å²) in [6.07, 6.45) is 1.76. The van der Waals surface area contributed by atoms with Crippen molar-refractivity contribution in [1.82, 2.24) is 15.2 Å². The maximum atomic E-state index is 12.2. The monoisotopic (exact) mass is 275 g/mol. The average molecular weight is 276 g/mol. The Labute approximate surface area is 114 Å². The molecule has 2 aromatic heterocycles. The van der Waals surface area contributed by atoms with Gasteiger partial charge in [0.05, 0.1) is 22.3 Å². The van der Waals surface area contributed by atoms with Crippen LogP contribution in [-0.2, 0) is 0 Å². The van der Waals surface area contributed by atoms with Crippen molar-refractivity contribution in [2.24, 2.45) is 0 Å². The third-order valence-corrected chi connectivity index (χ3v) is 3.93. The molecule has 0 bridgehead atoms. The van der Waals surface area contributed by atoms with Crippen molar-refractivity contribution in [1.29, 1.82) is 0 Å². The summed E-state index contributed by atoms with van der Waals surface area (Å²) in [7, 11) is 0. The predicted molar refractivity (Wildman–Crippen MR) is 78.1 cm³/mol. The van der Waals surface area contributed by atoms with Crippen LogP contribution in [0.3, 0.4) is 0 Å². The number of halogens is 1. The fourth-order valence-corrected chi connectivity index (χ4v) is 2.99. The van der Waals surface area contributed by atoms with E-state index in [0.29, 0.717) is 10.6 Å². The van der Waals surface area contributed by atoms with Crippen molar-refractivity contribution in [3.8, 4) is 0 Å². The highest BCUT2D eigenvalue weighted by atomic mass is 35.5. The average Bonchev–Trinajstić information content (AvgIpc) is 2.79. The summed E-state index contributed by atoms with van der Waals surface area (Å²) in [4.78, 5) is 15.1. The van der Waals surface area contributed by atoms with Gasteiger partial charge in [-0.15, -0.1) is 0 Å². The van der Waals surface area contributed by atoms with E-state index in [1.165, 1.54) is 0 Å². The van der Waals surface area contributed by atoms with E-state index in [4.69, 9.17) is 11.6 Å². The van der Waals surface area contributed by atoms with E-state index in [0.717, 1.165) is 27.4 Å². The Balaban J connectivity index is 2.56. The Morgan fingerprint density at radius 1 is 1.32 bits per heavy atom. The predicted octanol–water partition coefficient (Wildman–Crippen LogP) is 3.49. The van der Waals surface area contributed by atoms with Crippen molar-refractivity contribution >= 4 is 33.4 Å². The normalized spacial score (nSPS) is 11.8. The number of nitrogens with zero attached hydrogens (tertiary/aromatic N) is 1. The number of benzene rings is 1. The molecule has 0 atom stereocenters. The first-order chi connectivity index (χ1) is 9.00. The molecule has 0 spiro atoms. The van der Waals surface area contributed by atoms with Crippen molar-refractivity contribution in [2.45, 2.75) is 26.7 Å². The second-order valence-corrected chi connectivity index (χ2v) is 5.47. The van der Waals surface area contributed by atoms with Gasteiger partial charge in [0.15, 0.2) is 0 Å². The number of aryl methyl sites for hydroxylation is 1. The smallest absolute Gasteiger partial charge is 0.253 e. The highest BCUT2D eigenvalue weighted by molar-refractivity contribution is 6.36. The number of rotatable bonds is 1. The third kappa shape index (κ3) is 1.67. The van der Waals surface area contributed by atoms with Crippen LogP contribution in [0.1, 0.15) is 30.9 Å². The topological polar surface area (TPSA) is 61.5 Å². The molecule has 0 amide bonds. The van der Waals surface area contributed by atoms with Gasteiger partial charge in [0.25, 0.3) is 5.56 Å². The maximum Gasteiger partial charge on any atom is 0.253 e. The van der Waals surface area contributed by atoms with Crippen LogP contribution in [0.15, 0.2) is 17.1 Å². The molecule has 3 aromatic rings. The van der Waals surface area contributed by atoms with E-state index < -0.39 is 0 Å². The SMILES string of the molecule is Cc1c2[nH]ncc2cc2c(Cl)c(C(C)C)c(=O)[nH]c12. The minimum Gasteiger partial charge on any atom is -0.321 e. The summed E-state index contributed by atoms with van der Waals surface area (Å²) in [5, 5.41) is 9.38. The molecule has 0 aliphatic rings. The molecule has 0 unspecified atom stereocenters. The zero-order valence-electron chi connectivity index (χ0n) is 11.0. The molecule has 2 N–H and O–H groups in total. The van der Waals surface area contributed by atoms with Gasteiger partial charge < -0.3 is 4.98 Å². The molecular formula is C14H14ClN3O. The number of fused-ring (bicyclic) bond motifs is 2. The van der Waals surface area contributed by atoms with E-state index in [9.17, 15) is 4.79 Å². The van der Waals surface area contributed by atoms with Crippen LogP contribution in [0.25, 0.3) is 21.8 Å². The lowest BCUT2D eigenvalue weighted by molar-refractivity contribution is 0.849. The van der Waals surface area contributed by atoms with Gasteiger partial charge in [-0.2, -0.15) is 5.10 Å². The fourth-order valence-electron chi connectivity index (χ4n) is 2.54. The van der Waals surface area contributed by atoms with E-state index in [2.05, 4.69) is 15.2 Å². The summed E-state index contributed by atoms with van der Waals surface area (Å²) in [6, 6.07) is 1.96. The molecule has 19 heavy (non-hydrogen) atoms. The number of aromatic amines is 2. The molecule has 0 saturated carbocycles. The minimum atomic E-state index is -0.116. The van der Waals surface area contributed by atoms with Crippen LogP contribution in [-0.4, -0.2) is 15.2 Å². The quantitative estimate of drug-likeness (QED) is 0.714. The number of pyridine rings is 1. The van der Waals surface area contributed by atoms with Gasteiger partial charge in [0.2, 0.25) is 0 Å². The Kier molecular flexibility index (Phi) is 2.64. The van der Waals surface area contributed by atoms with Crippen LogP contribution in [0.5, 0.6) is 0 Å². The fraction of sp³-hybridized carbons (Fsp3) is 0.286. The van der Waals surface area contributed by atoms with Crippen molar-refractivity contribution in [3.63, 3.8) is 0 Å². The number of H-pyrrole nitrogens is 2. The Hall–Kier alpha value is -1.81. The van der Waals surface area contributed by atoms with Crippen LogP contribution in [0.2, 0.25) is 5.02 Å². The molecule has 0 aliphatic carbocycles. The van der Waals surface area contributed by atoms with Gasteiger partial charge in [0.1, 0.15) is 0 Å². The number of nitrogens with one attached hydrogen (secondary N) is 2. The largest absolute Gasteiger partial charge is 0.321 e. The molecule has 5 heteroatoms. The summed E-state index contributed by atoms with van der Waals surface area (Å²) in [5.74, 6) is 0.0843. The first-order valence-corrected chi connectivity index (χ1v) is 6.56. The van der Waals surface area contributed by atoms with Crippen molar-refractivity contribution < 1.29 is 0 Å². The molecule has 4 nitrogen and oxygen atoms in total. The Bertz CT molecular complexity index is 845. The second-order valence-electron chi connectivity index (χ2n) is 5.09. The van der Waals surface area contributed by atoms with Crippen molar-refractivity contribution in [3.05, 3.63) is 38.8 Å². The number of hydrogen-bond donors (Lipinski definition) is 2. The molecule has 0 fully saturated rings. The first-order valence-electron chi connectivity index (χ1n) is 6.18. The Morgan fingerprint density at radius 2 is 2.05 bits per heavy atom. The van der Waals surface area contributed by atoms with Gasteiger partial charge in [-0.25, -0.2) is 0 Å². The maximum absolute atomic E-state index is 12.2. The number of hydrogen-bond acceptors (Lipinski definition) is 2. The molecular weight excluding hydrogens is 262 g/mol. The Morgan fingerprint density at radius 3 is 2.74 bits per heavy atom. The minimum absolute atomic E-state index is 0.0843. The zero-order chi connectivity index (χ0) is 13.7. The second kappa shape index (κ2) is 4.10. The molecule has 3 rings (SSSR count). The first kappa shape index (κ1) is 12.2. The molecule has 98 valence electrons. The van der Waals surface area contributed by atoms with E-state index in [1.807, 2.05) is 26.8 Å². The van der Waals surface area contributed by atoms with Crippen LogP contribution in [0, 0.1) is 6.92 Å². The highest BCUT2D eigenvalue weighted by Crippen LogP contribution is 2.32. The highest BCUT2D eigenvalue weighted by Gasteiger charge is 2.16. The number of aromatic nitrogens is 3. The van der Waals surface area contributed by atoms with Gasteiger partial charge in [-0.05, 0) is 24.5 Å². The van der Waals surface area contributed by atoms with E-state index in [-0.39, 0.29) is 11.5 Å². The van der Waals surface area contributed by atoms with Gasteiger partial charge in [-0.1, -0.05) is 25.4 Å². The molecule has 0 aliphatic heterocycles. The molecule has 0 saturated heterocycles. The lowest BCUT2D eigenvalue weighted by Gasteiger charge is -2.11. The van der Waals surface area contributed by atoms with Crippen LogP contribution in [0.4, 0.5) is 0 Å². The van der Waals surface area contributed by atoms with Gasteiger partial charge >= 0.3 is 0 Å². The lowest BCUT2D eigenvalue weighted by atomic mass is 10.00. The standard InChI is InChI=1S/C14H14ClN3O/c1-6(2)10-11(15)9-4-8-5-16-18-12(8)7(3)13(9)17-14(10)19/h4-6H,1-3H3,(H,16,18)(H,17,19). The summed E-state index contributed by atoms with van der Waals surface area (Å²) < 4.78 is 0. The van der Waals surface area contributed by atoms with Crippen molar-refractivity contribution in [2.75, 3.05) is 0 Å². The molecule has 2 heterocycles. The summed E-state index contributed by atoms with van der Waals surface area (Å²) in [5.41, 5.74) is 3.18. The van der Waals surface area contributed by atoms with Gasteiger partial charge in [-0.3, -0.25) is 9.89 Å². The lowest BCUT2D eigenvalue weighted by Crippen LogP contribution is -2.15. The van der Waals surface area contributed by atoms with Crippen LogP contribution >= 0.6 is 11.6 Å². The molecule has 1 aromatic carbocycles. The third-order valence-electron chi connectivity index (χ3n) is 3.52. The zero-order valence-corrected chi connectivity index (χ0v) is 11.7. The van der Waals surface area contributed by atoms with E-state index >= 15 is 0 Å². The summed E-state index contributed by atoms with van der Waals surface area (Å²) >= 11 is 6.43.